The number of nitrogen functional groups attached to an aromatic ring is 1. The molecular weight excluding hydrogens is 238 g/mol. The topological polar surface area (TPSA) is 69.2 Å². The van der Waals surface area contributed by atoms with Gasteiger partial charge in [0.15, 0.2) is 0 Å². The molecule has 5 nitrogen and oxygen atoms in total. The lowest BCUT2D eigenvalue weighted by molar-refractivity contribution is 0.285. The molecule has 3 N–H and O–H groups in total. The molecule has 1 aromatic rings. The average molecular weight is 261 g/mol. The van der Waals surface area contributed by atoms with Crippen molar-refractivity contribution in [2.45, 2.75) is 12.8 Å². The first-order chi connectivity index (χ1) is 9.06. The first kappa shape index (κ1) is 13.8. The van der Waals surface area contributed by atoms with Crippen molar-refractivity contribution in [3.63, 3.8) is 0 Å². The van der Waals surface area contributed by atoms with Gasteiger partial charge in [-0.3, -0.25) is 10.4 Å². The van der Waals surface area contributed by atoms with Gasteiger partial charge in [0.2, 0.25) is 0 Å². The van der Waals surface area contributed by atoms with Crippen molar-refractivity contribution in [1.29, 1.82) is 5.41 Å². The smallest absolute Gasteiger partial charge is 0.141 e. The predicted molar refractivity (Wildman–Crippen MR) is 78.7 cm³/mol. The van der Waals surface area contributed by atoms with E-state index < -0.39 is 0 Å². The number of hydrogen-bond donors (Lipinski definition) is 2. The molecule has 0 unspecified atom stereocenters. The van der Waals surface area contributed by atoms with Crippen LogP contribution in [0.25, 0.3) is 0 Å². The van der Waals surface area contributed by atoms with Crippen LogP contribution in [0.1, 0.15) is 18.5 Å². The number of aromatic nitrogens is 1. The van der Waals surface area contributed by atoms with Crippen molar-refractivity contribution in [1.82, 2.24) is 9.88 Å². The molecule has 1 fully saturated rings. The van der Waals surface area contributed by atoms with E-state index in [4.69, 9.17) is 11.1 Å². The fourth-order valence-corrected chi connectivity index (χ4v) is 2.65. The Kier molecular flexibility index (Phi) is 4.37. The summed E-state index contributed by atoms with van der Waals surface area (Å²) in [5, 5.41) is 7.45. The highest BCUT2D eigenvalue weighted by Crippen LogP contribution is 2.23. The van der Waals surface area contributed by atoms with Crippen LogP contribution in [0, 0.1) is 11.3 Å². The van der Waals surface area contributed by atoms with Crippen molar-refractivity contribution in [2.75, 3.05) is 38.6 Å². The lowest BCUT2D eigenvalue weighted by atomic mass is 9.96. The van der Waals surface area contributed by atoms with Crippen LogP contribution < -0.4 is 10.6 Å². The van der Waals surface area contributed by atoms with E-state index in [0.717, 1.165) is 24.7 Å². The minimum absolute atomic E-state index is 0.0318. The van der Waals surface area contributed by atoms with Crippen molar-refractivity contribution < 1.29 is 0 Å². The fraction of sp³-hybridized carbons (Fsp3) is 0.571. The molecule has 104 valence electrons. The summed E-state index contributed by atoms with van der Waals surface area (Å²) in [5.41, 5.74) is 7.18. The SMILES string of the molecule is CN(C)CC1CCN(c2ccnc(C(=N)N)c2)CC1. The van der Waals surface area contributed by atoms with Gasteiger partial charge in [-0.15, -0.1) is 0 Å². The molecule has 19 heavy (non-hydrogen) atoms. The molecule has 5 heteroatoms. The van der Waals surface area contributed by atoms with Crippen LogP contribution in [-0.2, 0) is 0 Å². The Labute approximate surface area is 114 Å². The van der Waals surface area contributed by atoms with Crippen molar-refractivity contribution in [3.05, 3.63) is 24.0 Å². The first-order valence-corrected chi connectivity index (χ1v) is 6.76. The molecule has 2 heterocycles. The largest absolute Gasteiger partial charge is 0.382 e. The van der Waals surface area contributed by atoms with Crippen LogP contribution in [-0.4, -0.2) is 49.4 Å². The Morgan fingerprint density at radius 3 is 2.74 bits per heavy atom. The lowest BCUT2D eigenvalue weighted by Crippen LogP contribution is -2.37. The quantitative estimate of drug-likeness (QED) is 0.630. The van der Waals surface area contributed by atoms with Gasteiger partial charge in [0.05, 0.1) is 0 Å². The first-order valence-electron chi connectivity index (χ1n) is 6.76. The molecule has 0 radical (unpaired) electrons. The van der Waals surface area contributed by atoms with Gasteiger partial charge in [-0.05, 0) is 45.0 Å². The summed E-state index contributed by atoms with van der Waals surface area (Å²) in [5.74, 6) is 0.824. The summed E-state index contributed by atoms with van der Waals surface area (Å²) < 4.78 is 0. The number of anilines is 1. The third-order valence-corrected chi connectivity index (χ3v) is 3.62. The third kappa shape index (κ3) is 3.67. The van der Waals surface area contributed by atoms with Gasteiger partial charge in [0.25, 0.3) is 0 Å². The zero-order valence-corrected chi connectivity index (χ0v) is 11.8. The number of nitrogens with zero attached hydrogens (tertiary/aromatic N) is 3. The molecule has 2 rings (SSSR count). The number of rotatable bonds is 4. The standard InChI is InChI=1S/C14H23N5/c1-18(2)10-11-4-7-19(8-5-11)12-3-6-17-13(9-12)14(15)16/h3,6,9,11H,4-5,7-8,10H2,1-2H3,(H3,15,16). The van der Waals surface area contributed by atoms with E-state index in [2.05, 4.69) is 28.9 Å². The Balaban J connectivity index is 1.97. The van der Waals surface area contributed by atoms with E-state index in [9.17, 15) is 0 Å². The van der Waals surface area contributed by atoms with Gasteiger partial charge >= 0.3 is 0 Å². The number of pyridine rings is 1. The Bertz CT molecular complexity index is 435. The maximum atomic E-state index is 7.45. The molecule has 1 aliphatic rings. The number of piperidine rings is 1. The Hall–Kier alpha value is -1.62. The zero-order valence-electron chi connectivity index (χ0n) is 11.8. The van der Waals surface area contributed by atoms with Crippen LogP contribution in [0.4, 0.5) is 5.69 Å². The second kappa shape index (κ2) is 6.02. The van der Waals surface area contributed by atoms with Crippen LogP contribution in [0.3, 0.4) is 0 Å². The van der Waals surface area contributed by atoms with Crippen LogP contribution in [0.15, 0.2) is 18.3 Å². The van der Waals surface area contributed by atoms with Gasteiger partial charge in [-0.25, -0.2) is 0 Å². The summed E-state index contributed by atoms with van der Waals surface area (Å²) >= 11 is 0. The van der Waals surface area contributed by atoms with E-state index in [1.165, 1.54) is 19.4 Å². The number of nitrogens with one attached hydrogen (secondary N) is 1. The van der Waals surface area contributed by atoms with E-state index in [-0.39, 0.29) is 5.84 Å². The van der Waals surface area contributed by atoms with Gasteiger partial charge in [-0.2, -0.15) is 0 Å². The second-order valence-electron chi connectivity index (χ2n) is 5.51. The van der Waals surface area contributed by atoms with E-state index >= 15 is 0 Å². The maximum Gasteiger partial charge on any atom is 0.141 e. The van der Waals surface area contributed by atoms with Gasteiger partial charge in [-0.1, -0.05) is 0 Å². The zero-order chi connectivity index (χ0) is 13.8. The molecule has 0 atom stereocenters. The Morgan fingerprint density at radius 2 is 2.16 bits per heavy atom. The predicted octanol–water partition coefficient (Wildman–Crippen LogP) is 1.14. The third-order valence-electron chi connectivity index (χ3n) is 3.62. The summed E-state index contributed by atoms with van der Waals surface area (Å²) in [6.45, 7) is 3.31. The average Bonchev–Trinajstić information content (AvgIpc) is 2.39. The van der Waals surface area contributed by atoms with Crippen LogP contribution in [0.5, 0.6) is 0 Å². The molecular formula is C14H23N5. The molecule has 0 spiro atoms. The van der Waals surface area contributed by atoms with E-state index in [0.29, 0.717) is 5.69 Å². The molecule has 0 aliphatic carbocycles. The number of amidine groups is 1. The van der Waals surface area contributed by atoms with Gasteiger partial charge in [0.1, 0.15) is 11.5 Å². The Morgan fingerprint density at radius 1 is 1.47 bits per heavy atom. The highest BCUT2D eigenvalue weighted by atomic mass is 15.1. The number of nitrogens with two attached hydrogens (primary N) is 1. The van der Waals surface area contributed by atoms with E-state index in [1.54, 1.807) is 6.20 Å². The fourth-order valence-electron chi connectivity index (χ4n) is 2.65. The van der Waals surface area contributed by atoms with Gasteiger partial charge < -0.3 is 15.5 Å². The molecule has 1 saturated heterocycles. The van der Waals surface area contributed by atoms with Crippen molar-refractivity contribution in [3.8, 4) is 0 Å². The summed E-state index contributed by atoms with van der Waals surface area (Å²) in [6.07, 6.45) is 4.17. The molecule has 1 aliphatic heterocycles. The molecule has 0 aromatic carbocycles. The van der Waals surface area contributed by atoms with Crippen molar-refractivity contribution in [2.24, 2.45) is 11.7 Å². The second-order valence-corrected chi connectivity index (χ2v) is 5.51. The lowest BCUT2D eigenvalue weighted by Gasteiger charge is -2.34. The summed E-state index contributed by atoms with van der Waals surface area (Å²) in [6, 6.07) is 3.91. The van der Waals surface area contributed by atoms with Crippen LogP contribution >= 0.6 is 0 Å². The highest BCUT2D eigenvalue weighted by molar-refractivity contribution is 5.93. The summed E-state index contributed by atoms with van der Waals surface area (Å²) in [4.78, 5) is 8.73. The summed E-state index contributed by atoms with van der Waals surface area (Å²) in [7, 11) is 4.27. The molecule has 0 bridgehead atoms. The maximum absolute atomic E-state index is 7.45. The van der Waals surface area contributed by atoms with Crippen LogP contribution in [0.2, 0.25) is 0 Å². The number of hydrogen-bond acceptors (Lipinski definition) is 4. The highest BCUT2D eigenvalue weighted by Gasteiger charge is 2.20. The van der Waals surface area contributed by atoms with Gasteiger partial charge in [0, 0.05) is 31.5 Å². The normalized spacial score (nSPS) is 16.9. The molecule has 0 amide bonds. The van der Waals surface area contributed by atoms with Crippen molar-refractivity contribution >= 4 is 11.5 Å². The molecule has 0 saturated carbocycles. The minimum atomic E-state index is 0.0318. The molecule has 1 aromatic heterocycles. The minimum Gasteiger partial charge on any atom is -0.382 e. The monoisotopic (exact) mass is 261 g/mol. The van der Waals surface area contributed by atoms with E-state index in [1.807, 2.05) is 12.1 Å².